The molecule has 1 aliphatic rings. The number of hydrogen-bond donors (Lipinski definition) is 0. The Morgan fingerprint density at radius 3 is 2.34 bits per heavy atom. The van der Waals surface area contributed by atoms with Crippen molar-refractivity contribution >= 4 is 51.2 Å². The number of ether oxygens (including phenoxy) is 3. The van der Waals surface area contributed by atoms with Crippen molar-refractivity contribution in [2.24, 2.45) is 0 Å². The standard InChI is InChI=1S/C35H42ClN5O5S/c1-20-18-25-29(27(22-10-12-23(36)13-11-22)26(20)28(31(42)44-9)45-34(3,4)5)47-30(38-25)24-14-15-37-32(39-24)40-16-17-41(21(2)19-40)33(43)46-35(6,7)8/h10-15,18,21,28H,16-17,19H2,1-9H3. The number of carbonyl (C=O) groups is 2. The number of nitrogens with zero attached hydrogens (tertiary/aromatic N) is 5. The van der Waals surface area contributed by atoms with Crippen LogP contribution in [0.1, 0.15) is 65.7 Å². The number of piperazine rings is 1. The maximum atomic E-state index is 13.2. The van der Waals surface area contributed by atoms with Gasteiger partial charge < -0.3 is 24.0 Å². The Morgan fingerprint density at radius 1 is 1.02 bits per heavy atom. The molecule has 2 aromatic heterocycles. The lowest BCUT2D eigenvalue weighted by atomic mass is 9.91. The number of halogens is 1. The van der Waals surface area contributed by atoms with E-state index < -0.39 is 23.3 Å². The summed E-state index contributed by atoms with van der Waals surface area (Å²) in [5.41, 5.74) is 3.54. The van der Waals surface area contributed by atoms with Gasteiger partial charge in [-0.2, -0.15) is 0 Å². The molecule has 4 aromatic rings. The molecular weight excluding hydrogens is 638 g/mol. The highest BCUT2D eigenvalue weighted by atomic mass is 35.5. The molecular formula is C35H42ClN5O5S. The van der Waals surface area contributed by atoms with Crippen LogP contribution in [0.3, 0.4) is 0 Å². The highest BCUT2D eigenvalue weighted by Gasteiger charge is 2.34. The summed E-state index contributed by atoms with van der Waals surface area (Å²) in [6, 6.07) is 11.3. The Kier molecular flexibility index (Phi) is 9.82. The summed E-state index contributed by atoms with van der Waals surface area (Å²) in [5.74, 6) is 0.0836. The van der Waals surface area contributed by atoms with Gasteiger partial charge in [0.05, 0.1) is 22.9 Å². The Labute approximate surface area is 285 Å². The van der Waals surface area contributed by atoms with E-state index in [0.29, 0.717) is 41.3 Å². The third-order valence-corrected chi connectivity index (χ3v) is 8.97. The van der Waals surface area contributed by atoms with Crippen LogP contribution in [0.15, 0.2) is 42.6 Å². The van der Waals surface area contributed by atoms with Gasteiger partial charge >= 0.3 is 12.1 Å². The average molecular weight is 680 g/mol. The van der Waals surface area contributed by atoms with Crippen LogP contribution in [0.5, 0.6) is 0 Å². The molecule has 0 bridgehead atoms. The molecule has 1 saturated heterocycles. The lowest BCUT2D eigenvalue weighted by molar-refractivity contribution is -0.164. The maximum absolute atomic E-state index is 13.2. The Bertz CT molecular complexity index is 1780. The molecule has 1 aliphatic heterocycles. The van der Waals surface area contributed by atoms with Gasteiger partial charge in [-0.15, -0.1) is 11.3 Å². The van der Waals surface area contributed by atoms with Gasteiger partial charge in [-0.3, -0.25) is 0 Å². The van der Waals surface area contributed by atoms with E-state index in [0.717, 1.165) is 32.5 Å². The summed E-state index contributed by atoms with van der Waals surface area (Å²) in [7, 11) is 1.37. The van der Waals surface area contributed by atoms with Gasteiger partial charge in [-0.1, -0.05) is 23.7 Å². The third-order valence-electron chi connectivity index (χ3n) is 7.61. The molecule has 47 heavy (non-hydrogen) atoms. The van der Waals surface area contributed by atoms with E-state index in [1.54, 1.807) is 11.1 Å². The van der Waals surface area contributed by atoms with Crippen LogP contribution in [0.25, 0.3) is 32.0 Å². The molecule has 1 amide bonds. The van der Waals surface area contributed by atoms with Gasteiger partial charge in [-0.05, 0) is 90.8 Å². The van der Waals surface area contributed by atoms with Gasteiger partial charge in [-0.25, -0.2) is 24.5 Å². The quantitative estimate of drug-likeness (QED) is 0.188. The number of aromatic nitrogens is 3. The predicted octanol–water partition coefficient (Wildman–Crippen LogP) is 7.86. The summed E-state index contributed by atoms with van der Waals surface area (Å²) in [6.07, 6.45) is 0.450. The SMILES string of the molecule is COC(=O)C(OC(C)(C)C)c1c(C)cc2nc(-c3ccnc(N4CCN(C(=O)OC(C)(C)C)C(C)C4)n3)sc2c1-c1ccc(Cl)cc1. The number of rotatable bonds is 6. The number of carbonyl (C=O) groups excluding carboxylic acids is 2. The van der Waals surface area contributed by atoms with Crippen LogP contribution in [0.2, 0.25) is 5.02 Å². The third kappa shape index (κ3) is 7.85. The zero-order valence-corrected chi connectivity index (χ0v) is 30.0. The smallest absolute Gasteiger partial charge is 0.410 e. The Hall–Kier alpha value is -3.80. The fourth-order valence-electron chi connectivity index (χ4n) is 5.60. The number of hydrogen-bond acceptors (Lipinski definition) is 10. The molecule has 5 rings (SSSR count). The van der Waals surface area contributed by atoms with Crippen LogP contribution in [-0.4, -0.2) is 75.9 Å². The van der Waals surface area contributed by atoms with E-state index in [-0.39, 0.29) is 12.1 Å². The first-order valence-corrected chi connectivity index (χ1v) is 16.8. The second-order valence-electron chi connectivity index (χ2n) is 13.7. The fraction of sp³-hybridized carbons (Fsp3) is 0.457. The number of benzene rings is 2. The average Bonchev–Trinajstić information content (AvgIpc) is 3.42. The Balaban J connectivity index is 1.55. The van der Waals surface area contributed by atoms with Crippen LogP contribution in [-0.2, 0) is 19.0 Å². The molecule has 0 aliphatic carbocycles. The molecule has 2 unspecified atom stereocenters. The monoisotopic (exact) mass is 679 g/mol. The second kappa shape index (κ2) is 13.4. The number of anilines is 1. The van der Waals surface area contributed by atoms with Gasteiger partial charge in [0.1, 0.15) is 16.3 Å². The highest BCUT2D eigenvalue weighted by Crippen LogP contribution is 2.44. The van der Waals surface area contributed by atoms with Crippen LogP contribution >= 0.6 is 22.9 Å². The van der Waals surface area contributed by atoms with Gasteiger partial charge in [0.25, 0.3) is 0 Å². The van der Waals surface area contributed by atoms with E-state index in [2.05, 4.69) is 9.88 Å². The normalized spacial score (nSPS) is 16.3. The number of aryl methyl sites for hydroxylation is 1. The van der Waals surface area contributed by atoms with Crippen LogP contribution < -0.4 is 4.90 Å². The van der Waals surface area contributed by atoms with E-state index >= 15 is 0 Å². The minimum absolute atomic E-state index is 0.0882. The number of esters is 1. The van der Waals surface area contributed by atoms with E-state index in [4.69, 9.17) is 35.8 Å². The zero-order chi connectivity index (χ0) is 34.3. The lowest BCUT2D eigenvalue weighted by Gasteiger charge is -2.40. The van der Waals surface area contributed by atoms with Crippen molar-refractivity contribution in [1.29, 1.82) is 0 Å². The first kappa shape index (κ1) is 34.5. The van der Waals surface area contributed by atoms with Crippen molar-refractivity contribution < 1.29 is 23.8 Å². The number of amides is 1. The molecule has 10 nitrogen and oxygen atoms in total. The van der Waals surface area contributed by atoms with Crippen molar-refractivity contribution in [1.82, 2.24) is 19.9 Å². The molecule has 12 heteroatoms. The Morgan fingerprint density at radius 2 is 1.72 bits per heavy atom. The molecule has 0 radical (unpaired) electrons. The van der Waals surface area contributed by atoms with E-state index in [9.17, 15) is 9.59 Å². The minimum Gasteiger partial charge on any atom is -0.467 e. The molecule has 0 saturated carbocycles. The molecule has 250 valence electrons. The minimum atomic E-state index is -0.965. The molecule has 2 atom stereocenters. The molecule has 0 N–H and O–H groups in total. The van der Waals surface area contributed by atoms with E-state index in [1.165, 1.54) is 18.4 Å². The van der Waals surface area contributed by atoms with Crippen molar-refractivity contribution in [2.75, 3.05) is 31.6 Å². The number of fused-ring (bicyclic) bond motifs is 1. The summed E-state index contributed by atoms with van der Waals surface area (Å²) >= 11 is 7.77. The predicted molar refractivity (Wildman–Crippen MR) is 186 cm³/mol. The number of thiazole rings is 1. The largest absolute Gasteiger partial charge is 0.467 e. The first-order chi connectivity index (χ1) is 22.0. The lowest BCUT2D eigenvalue weighted by Crippen LogP contribution is -2.55. The molecule has 2 aromatic carbocycles. The van der Waals surface area contributed by atoms with Crippen LogP contribution in [0.4, 0.5) is 10.7 Å². The van der Waals surface area contributed by atoms with Crippen molar-refractivity contribution in [2.45, 2.75) is 78.7 Å². The van der Waals surface area contributed by atoms with Gasteiger partial charge in [0, 0.05) is 48.0 Å². The van der Waals surface area contributed by atoms with Crippen molar-refractivity contribution in [3.63, 3.8) is 0 Å². The first-order valence-electron chi connectivity index (χ1n) is 15.6. The molecule has 1 fully saturated rings. The highest BCUT2D eigenvalue weighted by molar-refractivity contribution is 7.22. The second-order valence-corrected chi connectivity index (χ2v) is 15.1. The summed E-state index contributed by atoms with van der Waals surface area (Å²) < 4.78 is 18.1. The van der Waals surface area contributed by atoms with Gasteiger partial charge in [0.2, 0.25) is 5.95 Å². The molecule has 3 heterocycles. The van der Waals surface area contributed by atoms with Crippen LogP contribution in [0, 0.1) is 6.92 Å². The maximum Gasteiger partial charge on any atom is 0.410 e. The topological polar surface area (TPSA) is 107 Å². The zero-order valence-electron chi connectivity index (χ0n) is 28.4. The number of methoxy groups -OCH3 is 1. The fourth-order valence-corrected chi connectivity index (χ4v) is 6.82. The van der Waals surface area contributed by atoms with E-state index in [1.807, 2.05) is 91.8 Å². The van der Waals surface area contributed by atoms with Gasteiger partial charge in [0.15, 0.2) is 6.10 Å². The summed E-state index contributed by atoms with van der Waals surface area (Å²) in [6.45, 7) is 16.9. The summed E-state index contributed by atoms with van der Waals surface area (Å²) in [4.78, 5) is 44.3. The van der Waals surface area contributed by atoms with Crippen molar-refractivity contribution in [3.8, 4) is 21.8 Å². The van der Waals surface area contributed by atoms with Crippen molar-refractivity contribution in [3.05, 3.63) is 58.7 Å². The molecule has 0 spiro atoms. The summed E-state index contributed by atoms with van der Waals surface area (Å²) in [5, 5.41) is 1.32.